The highest BCUT2D eigenvalue weighted by molar-refractivity contribution is 5.78. The van der Waals surface area contributed by atoms with Crippen molar-refractivity contribution in [3.05, 3.63) is 12.2 Å². The van der Waals surface area contributed by atoms with Gasteiger partial charge >= 0.3 is 0 Å². The summed E-state index contributed by atoms with van der Waals surface area (Å²) in [6.07, 6.45) is 2.46. The smallest absolute Gasteiger partial charge is 0.206 e. The van der Waals surface area contributed by atoms with Crippen molar-refractivity contribution in [1.29, 1.82) is 0 Å². The van der Waals surface area contributed by atoms with Gasteiger partial charge in [-0.25, -0.2) is 15.8 Å². The highest BCUT2D eigenvalue weighted by Crippen LogP contribution is 1.88. The van der Waals surface area contributed by atoms with Crippen LogP contribution in [0.15, 0.2) is 11.3 Å². The Labute approximate surface area is 82.2 Å². The molecule has 0 saturated carbocycles. The second-order valence-corrected chi connectivity index (χ2v) is 2.67. The summed E-state index contributed by atoms with van der Waals surface area (Å²) >= 11 is 0. The van der Waals surface area contributed by atoms with E-state index in [0.717, 1.165) is 13.0 Å². The zero-order chi connectivity index (χ0) is 10.2. The molecular weight excluding hydrogens is 182 g/mol. The van der Waals surface area contributed by atoms with Gasteiger partial charge in [-0.3, -0.25) is 10.5 Å². The van der Waals surface area contributed by atoms with Gasteiger partial charge in [0.2, 0.25) is 5.96 Å². The van der Waals surface area contributed by atoms with Crippen molar-refractivity contribution in [2.45, 2.75) is 19.9 Å². The number of nitrogens with one attached hydrogen (secondary N) is 3. The van der Waals surface area contributed by atoms with Crippen molar-refractivity contribution >= 4 is 5.96 Å². The average molecular weight is 197 g/mol. The molecule has 1 aromatic rings. The van der Waals surface area contributed by atoms with Crippen molar-refractivity contribution in [1.82, 2.24) is 25.9 Å². The lowest BCUT2D eigenvalue weighted by Crippen LogP contribution is -2.41. The van der Waals surface area contributed by atoms with Crippen LogP contribution in [0.3, 0.4) is 0 Å². The summed E-state index contributed by atoms with van der Waals surface area (Å²) in [7, 11) is 0. The fourth-order valence-corrected chi connectivity index (χ4v) is 0.857. The monoisotopic (exact) mass is 197 g/mol. The highest BCUT2D eigenvalue weighted by atomic mass is 15.3. The zero-order valence-electron chi connectivity index (χ0n) is 8.12. The molecule has 0 amide bonds. The van der Waals surface area contributed by atoms with E-state index in [2.05, 4.69) is 37.8 Å². The number of aromatic nitrogens is 3. The Kier molecular flexibility index (Phi) is 4.42. The van der Waals surface area contributed by atoms with Crippen molar-refractivity contribution < 1.29 is 0 Å². The quantitative estimate of drug-likeness (QED) is 0.217. The largest absolute Gasteiger partial charge is 0.355 e. The van der Waals surface area contributed by atoms with Crippen LogP contribution >= 0.6 is 0 Å². The molecule has 0 unspecified atom stereocenters. The van der Waals surface area contributed by atoms with Crippen LogP contribution in [0.1, 0.15) is 19.2 Å². The molecule has 0 radical (unpaired) electrons. The predicted molar refractivity (Wildman–Crippen MR) is 53.1 cm³/mol. The molecule has 1 heterocycles. The maximum Gasteiger partial charge on any atom is 0.206 e. The maximum atomic E-state index is 5.26. The predicted octanol–water partition coefficient (Wildman–Crippen LogP) is -0.876. The Hall–Kier alpha value is -1.63. The number of rotatable bonds is 4. The topological polar surface area (TPSA) is 104 Å². The van der Waals surface area contributed by atoms with Crippen LogP contribution in [0.4, 0.5) is 0 Å². The van der Waals surface area contributed by atoms with Gasteiger partial charge in [0.15, 0.2) is 0 Å². The lowest BCUT2D eigenvalue weighted by atomic mass is 10.5. The maximum absolute atomic E-state index is 5.26. The van der Waals surface area contributed by atoms with Gasteiger partial charge in [-0.15, -0.1) is 0 Å². The Balaban J connectivity index is 2.39. The second-order valence-electron chi connectivity index (χ2n) is 2.67. The molecule has 5 N–H and O–H groups in total. The minimum Gasteiger partial charge on any atom is -0.355 e. The van der Waals surface area contributed by atoms with Crippen molar-refractivity contribution in [2.75, 3.05) is 6.54 Å². The molecule has 0 spiro atoms. The van der Waals surface area contributed by atoms with Gasteiger partial charge in [0.25, 0.3) is 0 Å². The molecule has 1 aromatic heterocycles. The molecule has 7 nitrogen and oxygen atoms in total. The molecule has 0 fully saturated rings. The summed E-state index contributed by atoms with van der Waals surface area (Å²) in [6.45, 7) is 3.33. The summed E-state index contributed by atoms with van der Waals surface area (Å²) in [5.74, 6) is 6.53. The van der Waals surface area contributed by atoms with Gasteiger partial charge < -0.3 is 5.32 Å². The van der Waals surface area contributed by atoms with Gasteiger partial charge in [-0.05, 0) is 6.42 Å². The van der Waals surface area contributed by atoms with Crippen LogP contribution in [-0.2, 0) is 6.54 Å². The number of guanidine groups is 1. The molecule has 14 heavy (non-hydrogen) atoms. The third kappa shape index (κ3) is 3.40. The molecule has 7 heteroatoms. The highest BCUT2D eigenvalue weighted by Gasteiger charge is 1.96. The van der Waals surface area contributed by atoms with Crippen molar-refractivity contribution in [2.24, 2.45) is 10.8 Å². The number of aromatic amines is 1. The normalized spacial score (nSPS) is 11.4. The standard InChI is InChI=1S/C7H15N7/c1-2-3-9-7(13-8)10-4-6-11-5-12-14-6/h5H,2-4,8H2,1H3,(H2,9,10,13)(H,11,12,14). The van der Waals surface area contributed by atoms with E-state index in [-0.39, 0.29) is 0 Å². The number of nitrogens with two attached hydrogens (primary N) is 1. The molecule has 1 rings (SSSR count). The van der Waals surface area contributed by atoms with Crippen LogP contribution in [-0.4, -0.2) is 27.7 Å². The molecule has 0 atom stereocenters. The van der Waals surface area contributed by atoms with Crippen LogP contribution in [0.25, 0.3) is 0 Å². The summed E-state index contributed by atoms with van der Waals surface area (Å²) in [5, 5.41) is 9.45. The third-order valence-corrected chi connectivity index (χ3v) is 1.53. The van der Waals surface area contributed by atoms with E-state index in [9.17, 15) is 0 Å². The molecular formula is C7H15N7. The van der Waals surface area contributed by atoms with Crippen LogP contribution in [0.2, 0.25) is 0 Å². The first kappa shape index (κ1) is 10.5. The van der Waals surface area contributed by atoms with E-state index in [1.165, 1.54) is 6.33 Å². The number of hydrogen-bond acceptors (Lipinski definition) is 4. The number of hydrogen-bond donors (Lipinski definition) is 4. The third-order valence-electron chi connectivity index (χ3n) is 1.53. The number of hydrazine groups is 1. The second kappa shape index (κ2) is 5.92. The minimum atomic E-state index is 0.427. The molecule has 0 aromatic carbocycles. The van der Waals surface area contributed by atoms with E-state index in [1.807, 2.05) is 0 Å². The molecule has 0 saturated heterocycles. The van der Waals surface area contributed by atoms with E-state index >= 15 is 0 Å². The number of aliphatic imine (C=N–C) groups is 1. The summed E-state index contributed by atoms with van der Waals surface area (Å²) in [4.78, 5) is 8.09. The van der Waals surface area contributed by atoms with Gasteiger partial charge in [-0.1, -0.05) is 6.92 Å². The van der Waals surface area contributed by atoms with E-state index < -0.39 is 0 Å². The zero-order valence-corrected chi connectivity index (χ0v) is 8.12. The molecule has 0 aliphatic rings. The van der Waals surface area contributed by atoms with Crippen LogP contribution in [0.5, 0.6) is 0 Å². The summed E-state index contributed by atoms with van der Waals surface area (Å²) < 4.78 is 0. The first-order valence-electron chi connectivity index (χ1n) is 4.46. The molecule has 0 bridgehead atoms. The fourth-order valence-electron chi connectivity index (χ4n) is 0.857. The van der Waals surface area contributed by atoms with E-state index in [0.29, 0.717) is 18.3 Å². The van der Waals surface area contributed by atoms with Crippen molar-refractivity contribution in [3.8, 4) is 0 Å². The first-order chi connectivity index (χ1) is 6.86. The Morgan fingerprint density at radius 1 is 1.71 bits per heavy atom. The number of nitrogens with zero attached hydrogens (tertiary/aromatic N) is 3. The van der Waals surface area contributed by atoms with E-state index in [4.69, 9.17) is 5.84 Å². The van der Waals surface area contributed by atoms with Crippen LogP contribution in [0, 0.1) is 0 Å². The SMILES string of the molecule is CCCNC(=NCc1ncn[nH]1)NN. The van der Waals surface area contributed by atoms with Gasteiger partial charge in [0, 0.05) is 6.54 Å². The van der Waals surface area contributed by atoms with Gasteiger partial charge in [-0.2, -0.15) is 5.10 Å². The van der Waals surface area contributed by atoms with Gasteiger partial charge in [0.05, 0.1) is 0 Å². The van der Waals surface area contributed by atoms with Crippen molar-refractivity contribution in [3.63, 3.8) is 0 Å². The van der Waals surface area contributed by atoms with Crippen LogP contribution < -0.4 is 16.6 Å². The first-order valence-corrected chi connectivity index (χ1v) is 4.46. The lowest BCUT2D eigenvalue weighted by molar-refractivity contribution is 0.784. The van der Waals surface area contributed by atoms with Gasteiger partial charge in [0.1, 0.15) is 18.7 Å². The lowest BCUT2D eigenvalue weighted by Gasteiger charge is -2.06. The Morgan fingerprint density at radius 2 is 2.57 bits per heavy atom. The summed E-state index contributed by atoms with van der Waals surface area (Å²) in [6, 6.07) is 0. The Morgan fingerprint density at radius 3 is 3.14 bits per heavy atom. The number of H-pyrrole nitrogens is 1. The Bertz CT molecular complexity index is 266. The minimum absolute atomic E-state index is 0.427. The molecule has 78 valence electrons. The molecule has 0 aliphatic carbocycles. The fraction of sp³-hybridized carbons (Fsp3) is 0.571. The average Bonchev–Trinajstić information content (AvgIpc) is 2.71. The molecule has 0 aliphatic heterocycles. The van der Waals surface area contributed by atoms with E-state index in [1.54, 1.807) is 0 Å². The summed E-state index contributed by atoms with van der Waals surface area (Å²) in [5.41, 5.74) is 2.48.